The first-order chi connectivity index (χ1) is 8.70. The maximum absolute atomic E-state index is 11.9. The van der Waals surface area contributed by atoms with Gasteiger partial charge < -0.3 is 11.1 Å². The van der Waals surface area contributed by atoms with Crippen molar-refractivity contribution in [1.82, 2.24) is 10.3 Å². The van der Waals surface area contributed by atoms with Crippen LogP contribution in [-0.4, -0.2) is 17.4 Å². The van der Waals surface area contributed by atoms with Crippen LogP contribution in [0, 0.1) is 6.92 Å². The summed E-state index contributed by atoms with van der Waals surface area (Å²) in [4.78, 5) is 17.3. The molecule has 0 aliphatic rings. The number of nitrogens with zero attached hydrogens (tertiary/aromatic N) is 1. The van der Waals surface area contributed by atoms with Crippen molar-refractivity contribution in [2.45, 2.75) is 19.9 Å². The van der Waals surface area contributed by atoms with Crippen molar-refractivity contribution in [2.24, 2.45) is 5.73 Å². The summed E-state index contributed by atoms with van der Waals surface area (Å²) in [6, 6.07) is 2.05. The molecule has 6 heteroatoms. The molecule has 2 aromatic heterocycles. The fraction of sp³-hybridized carbons (Fsp3) is 0.333. The quantitative estimate of drug-likeness (QED) is 0.880. The number of nitrogens with two attached hydrogens (primary N) is 1. The number of thiazole rings is 1. The van der Waals surface area contributed by atoms with Crippen LogP contribution < -0.4 is 11.1 Å². The number of hydrogen-bond acceptors (Lipinski definition) is 5. The second kappa shape index (κ2) is 6.08. The molecule has 0 spiro atoms. The van der Waals surface area contributed by atoms with E-state index in [0.717, 1.165) is 11.4 Å². The van der Waals surface area contributed by atoms with E-state index in [1.165, 1.54) is 21.8 Å². The molecule has 0 bridgehead atoms. The Hall–Kier alpha value is -1.24. The minimum absolute atomic E-state index is 0.123. The maximum Gasteiger partial charge on any atom is 0.271 e. The van der Waals surface area contributed by atoms with Crippen LogP contribution in [0.5, 0.6) is 0 Å². The molecule has 0 unspecified atom stereocenters. The van der Waals surface area contributed by atoms with E-state index in [9.17, 15) is 4.79 Å². The minimum atomic E-state index is -0.123. The second-order valence-corrected chi connectivity index (χ2v) is 5.82. The first kappa shape index (κ1) is 13.2. The predicted octanol–water partition coefficient (Wildman–Crippen LogP) is 1.94. The van der Waals surface area contributed by atoms with Crippen molar-refractivity contribution < 1.29 is 4.79 Å². The van der Waals surface area contributed by atoms with Crippen LogP contribution in [0.1, 0.15) is 25.9 Å². The summed E-state index contributed by atoms with van der Waals surface area (Å²) in [7, 11) is 0. The van der Waals surface area contributed by atoms with Crippen molar-refractivity contribution in [3.63, 3.8) is 0 Å². The molecule has 2 rings (SSSR count). The Morgan fingerprint density at radius 3 is 3.00 bits per heavy atom. The van der Waals surface area contributed by atoms with Gasteiger partial charge in [0.25, 0.3) is 5.91 Å². The van der Waals surface area contributed by atoms with Crippen LogP contribution in [0.4, 0.5) is 0 Å². The number of aromatic nitrogens is 1. The number of carbonyl (C=O) groups excluding carboxylic acids is 1. The van der Waals surface area contributed by atoms with Crippen molar-refractivity contribution >= 4 is 28.6 Å². The molecule has 0 aliphatic heterocycles. The third-order valence-electron chi connectivity index (χ3n) is 2.52. The van der Waals surface area contributed by atoms with Crippen molar-refractivity contribution in [2.75, 3.05) is 6.54 Å². The van der Waals surface area contributed by atoms with Gasteiger partial charge in [-0.3, -0.25) is 4.79 Å². The Kier molecular flexibility index (Phi) is 4.46. The Morgan fingerprint density at radius 1 is 1.50 bits per heavy atom. The zero-order valence-corrected chi connectivity index (χ0v) is 11.7. The highest BCUT2D eigenvalue weighted by Crippen LogP contribution is 2.15. The van der Waals surface area contributed by atoms with E-state index in [1.807, 2.05) is 18.4 Å². The molecular weight excluding hydrogens is 266 g/mol. The Balaban J connectivity index is 1.93. The number of nitrogens with one attached hydrogen (secondary N) is 1. The maximum atomic E-state index is 11.9. The minimum Gasteiger partial charge on any atom is -0.346 e. The molecular formula is C12H15N3OS2. The zero-order chi connectivity index (χ0) is 13.0. The summed E-state index contributed by atoms with van der Waals surface area (Å²) in [6.07, 6.45) is 0.724. The summed E-state index contributed by atoms with van der Waals surface area (Å²) < 4.78 is 0. The van der Waals surface area contributed by atoms with Crippen LogP contribution in [0.2, 0.25) is 0 Å². The summed E-state index contributed by atoms with van der Waals surface area (Å²) in [5.41, 5.74) is 7.15. The molecule has 4 nitrogen and oxygen atoms in total. The van der Waals surface area contributed by atoms with Gasteiger partial charge in [-0.25, -0.2) is 4.98 Å². The number of aryl methyl sites for hydroxylation is 1. The van der Waals surface area contributed by atoms with Gasteiger partial charge in [-0.05, 0) is 30.5 Å². The largest absolute Gasteiger partial charge is 0.346 e. The molecule has 1 amide bonds. The van der Waals surface area contributed by atoms with Gasteiger partial charge in [0, 0.05) is 16.7 Å². The van der Waals surface area contributed by atoms with Gasteiger partial charge in [0.05, 0.1) is 11.6 Å². The molecule has 0 radical (unpaired) electrons. The monoisotopic (exact) mass is 281 g/mol. The van der Waals surface area contributed by atoms with E-state index in [1.54, 1.807) is 16.7 Å². The lowest BCUT2D eigenvalue weighted by Crippen LogP contribution is -2.23. The lowest BCUT2D eigenvalue weighted by atomic mass is 10.3. The third-order valence-corrected chi connectivity index (χ3v) is 4.45. The molecule has 0 aliphatic carbocycles. The number of carbonyl (C=O) groups is 1. The molecule has 96 valence electrons. The Bertz CT molecular complexity index is 533. The predicted molar refractivity (Wildman–Crippen MR) is 75.1 cm³/mol. The van der Waals surface area contributed by atoms with Crippen LogP contribution in [0.15, 0.2) is 16.8 Å². The first-order valence-electron chi connectivity index (χ1n) is 5.66. The Labute approximate surface area is 114 Å². The van der Waals surface area contributed by atoms with E-state index < -0.39 is 0 Å². The van der Waals surface area contributed by atoms with Gasteiger partial charge in [-0.1, -0.05) is 0 Å². The molecule has 18 heavy (non-hydrogen) atoms. The molecule has 0 aromatic carbocycles. The summed E-state index contributed by atoms with van der Waals surface area (Å²) in [5, 5.41) is 7.60. The summed E-state index contributed by atoms with van der Waals surface area (Å²) in [5.74, 6) is -0.123. The number of amides is 1. The fourth-order valence-corrected chi connectivity index (χ4v) is 3.13. The van der Waals surface area contributed by atoms with Gasteiger partial charge in [-0.2, -0.15) is 0 Å². The average Bonchev–Trinajstić information content (AvgIpc) is 2.96. The van der Waals surface area contributed by atoms with E-state index in [4.69, 9.17) is 5.73 Å². The molecule has 0 atom stereocenters. The van der Waals surface area contributed by atoms with Gasteiger partial charge in [0.2, 0.25) is 0 Å². The first-order valence-corrected chi connectivity index (χ1v) is 7.42. The van der Waals surface area contributed by atoms with Crippen molar-refractivity contribution in [3.05, 3.63) is 38.0 Å². The van der Waals surface area contributed by atoms with E-state index >= 15 is 0 Å². The number of thiophene rings is 1. The highest BCUT2D eigenvalue weighted by atomic mass is 32.1. The van der Waals surface area contributed by atoms with E-state index in [0.29, 0.717) is 18.8 Å². The zero-order valence-electron chi connectivity index (χ0n) is 10.1. The normalized spacial score (nSPS) is 10.6. The van der Waals surface area contributed by atoms with Gasteiger partial charge >= 0.3 is 0 Å². The standard InChI is InChI=1S/C12H15N3OS2/c1-8-3-5-17-10(8)6-14-12(16)9-7-18-11(15-9)2-4-13/h3,5,7H,2,4,6,13H2,1H3,(H,14,16). The smallest absolute Gasteiger partial charge is 0.271 e. The summed E-state index contributed by atoms with van der Waals surface area (Å²) >= 11 is 3.13. The highest BCUT2D eigenvalue weighted by Gasteiger charge is 2.10. The van der Waals surface area contributed by atoms with Crippen LogP contribution >= 0.6 is 22.7 Å². The van der Waals surface area contributed by atoms with Crippen molar-refractivity contribution in [3.8, 4) is 0 Å². The molecule has 3 N–H and O–H groups in total. The molecule has 0 saturated heterocycles. The highest BCUT2D eigenvalue weighted by molar-refractivity contribution is 7.10. The van der Waals surface area contributed by atoms with E-state index in [2.05, 4.69) is 10.3 Å². The fourth-order valence-electron chi connectivity index (χ4n) is 1.49. The lowest BCUT2D eigenvalue weighted by molar-refractivity contribution is 0.0947. The molecule has 0 fully saturated rings. The summed E-state index contributed by atoms with van der Waals surface area (Å²) in [6.45, 7) is 3.16. The average molecular weight is 281 g/mol. The van der Waals surface area contributed by atoms with Crippen LogP contribution in [0.25, 0.3) is 0 Å². The van der Waals surface area contributed by atoms with Crippen LogP contribution in [0.3, 0.4) is 0 Å². The number of hydrogen-bond donors (Lipinski definition) is 2. The SMILES string of the molecule is Cc1ccsc1CNC(=O)c1csc(CCN)n1. The third kappa shape index (κ3) is 3.16. The van der Waals surface area contributed by atoms with Gasteiger partial charge in [0.15, 0.2) is 0 Å². The molecule has 2 aromatic rings. The van der Waals surface area contributed by atoms with Gasteiger partial charge in [0.1, 0.15) is 5.69 Å². The van der Waals surface area contributed by atoms with Crippen molar-refractivity contribution in [1.29, 1.82) is 0 Å². The van der Waals surface area contributed by atoms with Crippen LogP contribution in [-0.2, 0) is 13.0 Å². The topological polar surface area (TPSA) is 68.0 Å². The number of rotatable bonds is 5. The molecule has 0 saturated carbocycles. The Morgan fingerprint density at radius 2 is 2.33 bits per heavy atom. The van der Waals surface area contributed by atoms with E-state index in [-0.39, 0.29) is 5.91 Å². The second-order valence-electron chi connectivity index (χ2n) is 3.87. The molecule has 2 heterocycles. The van der Waals surface area contributed by atoms with Gasteiger partial charge in [-0.15, -0.1) is 22.7 Å². The lowest BCUT2D eigenvalue weighted by Gasteiger charge is -2.02.